The SMILES string of the molecule is C[N+]1(C)C[C@@H]2C[C@H]1CN2c1ccc(Cl)nc1. The van der Waals surface area contributed by atoms with E-state index in [4.69, 9.17) is 11.6 Å². The molecule has 0 saturated carbocycles. The van der Waals surface area contributed by atoms with Crippen molar-refractivity contribution in [2.24, 2.45) is 0 Å². The molecule has 2 aliphatic rings. The Hall–Kier alpha value is -0.800. The quantitative estimate of drug-likeness (QED) is 0.548. The van der Waals surface area contributed by atoms with Gasteiger partial charge in [-0.3, -0.25) is 0 Å². The van der Waals surface area contributed by atoms with Crippen LogP contribution in [0.15, 0.2) is 18.3 Å². The minimum atomic E-state index is 0.573. The summed E-state index contributed by atoms with van der Waals surface area (Å²) in [6, 6.07) is 5.42. The van der Waals surface area contributed by atoms with Gasteiger partial charge in [0.2, 0.25) is 0 Å². The van der Waals surface area contributed by atoms with Crippen molar-refractivity contribution in [2.45, 2.75) is 18.5 Å². The smallest absolute Gasteiger partial charge is 0.129 e. The fraction of sp³-hybridized carbons (Fsp3) is 0.583. The first-order valence-corrected chi connectivity index (χ1v) is 6.15. The van der Waals surface area contributed by atoms with Gasteiger partial charge in [-0.05, 0) is 12.1 Å². The zero-order chi connectivity index (χ0) is 11.3. The van der Waals surface area contributed by atoms with Gasteiger partial charge < -0.3 is 9.38 Å². The summed E-state index contributed by atoms with van der Waals surface area (Å²) in [7, 11) is 4.67. The molecule has 0 aromatic carbocycles. The normalized spacial score (nSPS) is 31.1. The maximum absolute atomic E-state index is 5.81. The van der Waals surface area contributed by atoms with Crippen molar-refractivity contribution >= 4 is 17.3 Å². The van der Waals surface area contributed by atoms with Gasteiger partial charge in [0.05, 0.1) is 45.1 Å². The van der Waals surface area contributed by atoms with Crippen LogP contribution in [0.5, 0.6) is 0 Å². The maximum Gasteiger partial charge on any atom is 0.129 e. The molecule has 16 heavy (non-hydrogen) atoms. The highest BCUT2D eigenvalue weighted by molar-refractivity contribution is 6.29. The second-order valence-electron chi connectivity index (χ2n) is 5.50. The van der Waals surface area contributed by atoms with Crippen LogP contribution in [-0.4, -0.2) is 48.7 Å². The highest BCUT2D eigenvalue weighted by Crippen LogP contribution is 2.36. The molecule has 2 aliphatic heterocycles. The summed E-state index contributed by atoms with van der Waals surface area (Å²) in [4.78, 5) is 6.65. The molecule has 2 fully saturated rings. The molecule has 2 bridgehead atoms. The summed E-state index contributed by atoms with van der Waals surface area (Å²) in [6.45, 7) is 2.40. The van der Waals surface area contributed by atoms with Crippen LogP contribution in [0.2, 0.25) is 5.15 Å². The molecule has 3 rings (SSSR count). The lowest BCUT2D eigenvalue weighted by molar-refractivity contribution is -0.903. The first-order chi connectivity index (χ1) is 7.56. The minimum Gasteiger partial charge on any atom is -0.355 e. The summed E-state index contributed by atoms with van der Waals surface area (Å²) in [6.07, 6.45) is 3.21. The molecule has 0 N–H and O–H groups in total. The lowest BCUT2D eigenvalue weighted by Gasteiger charge is -2.39. The molecule has 2 atom stereocenters. The lowest BCUT2D eigenvalue weighted by Crippen LogP contribution is -2.55. The van der Waals surface area contributed by atoms with Crippen LogP contribution < -0.4 is 4.90 Å². The van der Waals surface area contributed by atoms with E-state index in [0.717, 1.165) is 12.6 Å². The predicted molar refractivity (Wildman–Crippen MR) is 65.8 cm³/mol. The Labute approximate surface area is 101 Å². The molecule has 0 radical (unpaired) electrons. The van der Waals surface area contributed by atoms with Crippen LogP contribution in [0.1, 0.15) is 6.42 Å². The zero-order valence-electron chi connectivity index (χ0n) is 9.73. The molecule has 0 unspecified atom stereocenters. The monoisotopic (exact) mass is 238 g/mol. The highest BCUT2D eigenvalue weighted by atomic mass is 35.5. The molecule has 0 amide bonds. The van der Waals surface area contributed by atoms with E-state index in [1.54, 1.807) is 0 Å². The van der Waals surface area contributed by atoms with Gasteiger partial charge in [0.1, 0.15) is 11.2 Å². The third-order valence-electron chi connectivity index (χ3n) is 4.11. The first kappa shape index (κ1) is 10.4. The topological polar surface area (TPSA) is 16.1 Å². The van der Waals surface area contributed by atoms with Crippen LogP contribution >= 0.6 is 11.6 Å². The van der Waals surface area contributed by atoms with Gasteiger partial charge in [0.25, 0.3) is 0 Å². The molecule has 2 saturated heterocycles. The predicted octanol–water partition coefficient (Wildman–Crippen LogP) is 1.77. The van der Waals surface area contributed by atoms with E-state index in [9.17, 15) is 0 Å². The molecule has 0 aliphatic carbocycles. The Morgan fingerprint density at radius 1 is 1.44 bits per heavy atom. The number of halogens is 1. The van der Waals surface area contributed by atoms with Crippen molar-refractivity contribution < 1.29 is 4.48 Å². The third kappa shape index (κ3) is 1.50. The number of hydrogen-bond donors (Lipinski definition) is 0. The van der Waals surface area contributed by atoms with Gasteiger partial charge in [0, 0.05) is 6.42 Å². The second-order valence-corrected chi connectivity index (χ2v) is 5.88. The standard InChI is InChI=1S/C12H17ClN3/c1-16(2)8-10-5-11(16)7-15(10)9-3-4-12(13)14-6-9/h3-4,6,10-11H,5,7-8H2,1-2H3/q+1/t10-,11-/m0/s1. The number of aromatic nitrogens is 1. The number of anilines is 1. The van der Waals surface area contributed by atoms with E-state index in [1.165, 1.54) is 23.1 Å². The Morgan fingerprint density at radius 3 is 2.75 bits per heavy atom. The van der Waals surface area contributed by atoms with Crippen LogP contribution in [0.25, 0.3) is 0 Å². The van der Waals surface area contributed by atoms with Crippen molar-refractivity contribution in [3.8, 4) is 0 Å². The summed E-state index contributed by atoms with van der Waals surface area (Å²) in [5.41, 5.74) is 1.22. The molecule has 1 aromatic heterocycles. The molecule has 3 nitrogen and oxygen atoms in total. The van der Waals surface area contributed by atoms with E-state index < -0.39 is 0 Å². The number of likely N-dealkylation sites (tertiary alicyclic amines) is 1. The lowest BCUT2D eigenvalue weighted by atomic mass is 10.2. The third-order valence-corrected chi connectivity index (χ3v) is 4.33. The van der Waals surface area contributed by atoms with Crippen LogP contribution in [0.4, 0.5) is 5.69 Å². The molecule has 1 aromatic rings. The van der Waals surface area contributed by atoms with Gasteiger partial charge in [-0.1, -0.05) is 11.6 Å². The van der Waals surface area contributed by atoms with E-state index in [2.05, 4.69) is 30.0 Å². The minimum absolute atomic E-state index is 0.573. The molecule has 3 heterocycles. The van der Waals surface area contributed by atoms with Crippen LogP contribution in [-0.2, 0) is 0 Å². The van der Waals surface area contributed by atoms with Crippen molar-refractivity contribution in [2.75, 3.05) is 32.1 Å². The average molecular weight is 239 g/mol. The first-order valence-electron chi connectivity index (χ1n) is 5.77. The Kier molecular flexibility index (Phi) is 2.17. The number of pyridine rings is 1. The Bertz CT molecular complexity index is 401. The number of piperazine rings is 1. The molecular weight excluding hydrogens is 222 g/mol. The second kappa shape index (κ2) is 3.34. The van der Waals surface area contributed by atoms with Crippen molar-refractivity contribution in [1.82, 2.24) is 4.98 Å². The van der Waals surface area contributed by atoms with E-state index in [0.29, 0.717) is 11.2 Å². The highest BCUT2D eigenvalue weighted by Gasteiger charge is 2.50. The number of quaternary nitrogens is 1. The molecule has 0 spiro atoms. The maximum atomic E-state index is 5.81. The van der Waals surface area contributed by atoms with Crippen molar-refractivity contribution in [3.05, 3.63) is 23.5 Å². The summed E-state index contributed by atoms with van der Waals surface area (Å²) in [5.74, 6) is 0. The average Bonchev–Trinajstić information content (AvgIpc) is 2.74. The largest absolute Gasteiger partial charge is 0.355 e. The fourth-order valence-corrected chi connectivity index (χ4v) is 3.23. The number of fused-ring (bicyclic) bond motifs is 2. The molecule has 4 heteroatoms. The summed E-state index contributed by atoms with van der Waals surface area (Å²) >= 11 is 5.81. The van der Waals surface area contributed by atoms with E-state index in [1.807, 2.05) is 12.3 Å². The number of nitrogens with zero attached hydrogens (tertiary/aromatic N) is 3. The number of hydrogen-bond acceptors (Lipinski definition) is 2. The van der Waals surface area contributed by atoms with Crippen LogP contribution in [0.3, 0.4) is 0 Å². The van der Waals surface area contributed by atoms with Gasteiger partial charge in [-0.15, -0.1) is 0 Å². The number of rotatable bonds is 1. The van der Waals surface area contributed by atoms with E-state index >= 15 is 0 Å². The molecular formula is C12H17ClN3+. The Balaban J connectivity index is 1.83. The zero-order valence-corrected chi connectivity index (χ0v) is 10.5. The van der Waals surface area contributed by atoms with Crippen LogP contribution in [0, 0.1) is 0 Å². The van der Waals surface area contributed by atoms with Gasteiger partial charge >= 0.3 is 0 Å². The summed E-state index contributed by atoms with van der Waals surface area (Å²) in [5, 5.41) is 0.573. The van der Waals surface area contributed by atoms with E-state index in [-0.39, 0.29) is 0 Å². The fourth-order valence-electron chi connectivity index (χ4n) is 3.12. The van der Waals surface area contributed by atoms with Crippen molar-refractivity contribution in [3.63, 3.8) is 0 Å². The van der Waals surface area contributed by atoms with Gasteiger partial charge in [-0.2, -0.15) is 0 Å². The summed E-state index contributed by atoms with van der Waals surface area (Å²) < 4.78 is 1.17. The molecule has 86 valence electrons. The van der Waals surface area contributed by atoms with Crippen molar-refractivity contribution in [1.29, 1.82) is 0 Å². The van der Waals surface area contributed by atoms with Gasteiger partial charge in [-0.25, -0.2) is 4.98 Å². The number of likely N-dealkylation sites (N-methyl/N-ethyl adjacent to an activating group) is 1. The van der Waals surface area contributed by atoms with Gasteiger partial charge in [0.15, 0.2) is 0 Å². The Morgan fingerprint density at radius 2 is 2.25 bits per heavy atom.